The molecule has 0 atom stereocenters. The van der Waals surface area contributed by atoms with Crippen LogP contribution in [0.25, 0.3) is 0 Å². The summed E-state index contributed by atoms with van der Waals surface area (Å²) in [6.45, 7) is 14.7. The lowest BCUT2D eigenvalue weighted by atomic mass is 9.86. The summed E-state index contributed by atoms with van der Waals surface area (Å²) < 4.78 is 50.6. The SMILES string of the molecule is CC1(C)C(=O)N(Cc2c(F)cccc2Cl)c2cc(C(=O)NCc3c(F)cc(C#CC(=O)NCCCCO[Si](C)(C)C(C)(C)C)cc3F)ccc21. The molecular formula is C38H43ClF3N3O4Si. The van der Waals surface area contributed by atoms with Gasteiger partial charge in [0.25, 0.3) is 11.8 Å². The third-order valence-electron chi connectivity index (χ3n) is 9.39. The highest BCUT2D eigenvalue weighted by atomic mass is 35.5. The Balaban J connectivity index is 1.35. The Hall–Kier alpha value is -4.11. The number of rotatable bonds is 11. The van der Waals surface area contributed by atoms with Crippen molar-refractivity contribution in [1.29, 1.82) is 0 Å². The fourth-order valence-electron chi connectivity index (χ4n) is 5.25. The van der Waals surface area contributed by atoms with E-state index < -0.39 is 49.5 Å². The fraction of sp³-hybridized carbons (Fsp3) is 0.395. The lowest BCUT2D eigenvalue weighted by molar-refractivity contribution is -0.122. The van der Waals surface area contributed by atoms with E-state index in [0.29, 0.717) is 30.8 Å². The predicted molar refractivity (Wildman–Crippen MR) is 192 cm³/mol. The third-order valence-corrected chi connectivity index (χ3v) is 14.3. The van der Waals surface area contributed by atoms with Crippen LogP contribution in [0.5, 0.6) is 0 Å². The number of halogens is 4. The van der Waals surface area contributed by atoms with E-state index in [1.807, 2.05) is 0 Å². The molecule has 50 heavy (non-hydrogen) atoms. The van der Waals surface area contributed by atoms with Crippen LogP contribution in [0.4, 0.5) is 18.9 Å². The van der Waals surface area contributed by atoms with E-state index >= 15 is 0 Å². The van der Waals surface area contributed by atoms with Crippen LogP contribution in [0.15, 0.2) is 48.5 Å². The molecular weight excluding hydrogens is 683 g/mol. The van der Waals surface area contributed by atoms with Crippen molar-refractivity contribution in [2.45, 2.75) is 84.1 Å². The number of unbranched alkanes of at least 4 members (excludes halogenated alkanes) is 1. The summed E-state index contributed by atoms with van der Waals surface area (Å²) in [4.78, 5) is 40.0. The van der Waals surface area contributed by atoms with Crippen molar-refractivity contribution >= 4 is 43.3 Å². The molecule has 1 heterocycles. The highest BCUT2D eigenvalue weighted by Gasteiger charge is 2.44. The zero-order valence-corrected chi connectivity index (χ0v) is 31.2. The first-order valence-corrected chi connectivity index (χ1v) is 19.7. The first kappa shape index (κ1) is 38.7. The van der Waals surface area contributed by atoms with Gasteiger partial charge in [0, 0.05) is 58.6 Å². The Morgan fingerprint density at radius 1 is 0.960 bits per heavy atom. The number of benzene rings is 3. The van der Waals surface area contributed by atoms with Gasteiger partial charge in [-0.25, -0.2) is 13.2 Å². The third kappa shape index (κ3) is 8.78. The Labute approximate surface area is 298 Å². The summed E-state index contributed by atoms with van der Waals surface area (Å²) in [7, 11) is -1.82. The molecule has 3 aromatic carbocycles. The molecule has 2 N–H and O–H groups in total. The molecule has 0 bridgehead atoms. The van der Waals surface area contributed by atoms with Crippen molar-refractivity contribution in [2.24, 2.45) is 0 Å². The zero-order valence-electron chi connectivity index (χ0n) is 29.5. The molecule has 3 aromatic rings. The van der Waals surface area contributed by atoms with Gasteiger partial charge in [0.15, 0.2) is 8.32 Å². The van der Waals surface area contributed by atoms with Crippen LogP contribution in [0.1, 0.15) is 80.1 Å². The van der Waals surface area contributed by atoms with Crippen LogP contribution in [0.3, 0.4) is 0 Å². The Kier molecular flexibility index (Phi) is 11.9. The van der Waals surface area contributed by atoms with E-state index in [4.69, 9.17) is 16.0 Å². The molecule has 0 unspecified atom stereocenters. The van der Waals surface area contributed by atoms with Crippen molar-refractivity contribution in [3.63, 3.8) is 0 Å². The van der Waals surface area contributed by atoms with Crippen molar-refractivity contribution in [3.8, 4) is 11.8 Å². The standard InChI is InChI=1S/C38H43ClF3N3O4Si/c1-37(2,3)50(6,7)49-18-9-8-17-43-34(46)16-13-24-19-31(41)26(32(42)20-24)22-44-35(47)25-14-15-28-33(21-25)45(36(48)38(28,4)5)23-27-29(39)11-10-12-30(27)40/h10-12,14-15,19-21H,8-9,17-18,22-23H2,1-7H3,(H,43,46)(H,44,47). The molecule has 4 rings (SSSR count). The molecule has 1 aliphatic rings. The topological polar surface area (TPSA) is 87.7 Å². The van der Waals surface area contributed by atoms with Crippen LogP contribution in [0, 0.1) is 29.3 Å². The second-order valence-corrected chi connectivity index (χ2v) is 19.6. The smallest absolute Gasteiger partial charge is 0.296 e. The molecule has 0 aliphatic carbocycles. The van der Waals surface area contributed by atoms with E-state index in [-0.39, 0.29) is 44.8 Å². The average molecular weight is 726 g/mol. The quantitative estimate of drug-likeness (QED) is 0.120. The number of hydrogen-bond donors (Lipinski definition) is 2. The fourth-order valence-corrected chi connectivity index (χ4v) is 6.56. The van der Waals surface area contributed by atoms with Crippen molar-refractivity contribution < 1.29 is 32.0 Å². The molecule has 0 fully saturated rings. The normalized spacial score (nSPS) is 13.8. The Morgan fingerprint density at radius 3 is 2.28 bits per heavy atom. The zero-order chi connectivity index (χ0) is 37.0. The second-order valence-electron chi connectivity index (χ2n) is 14.4. The summed E-state index contributed by atoms with van der Waals surface area (Å²) >= 11 is 6.22. The summed E-state index contributed by atoms with van der Waals surface area (Å²) in [6.07, 6.45) is 1.48. The largest absolute Gasteiger partial charge is 0.417 e. The Bertz CT molecular complexity index is 1820. The lowest BCUT2D eigenvalue weighted by Crippen LogP contribution is -2.41. The molecule has 3 amide bonds. The number of anilines is 1. The number of carbonyl (C=O) groups is 3. The van der Waals surface area contributed by atoms with Gasteiger partial charge in [-0.1, -0.05) is 50.4 Å². The highest BCUT2D eigenvalue weighted by Crippen LogP contribution is 2.43. The van der Waals surface area contributed by atoms with Crippen LogP contribution >= 0.6 is 11.6 Å². The van der Waals surface area contributed by atoms with Crippen molar-refractivity contribution in [2.75, 3.05) is 18.1 Å². The van der Waals surface area contributed by atoms with E-state index in [0.717, 1.165) is 18.6 Å². The number of hydrogen-bond acceptors (Lipinski definition) is 4. The molecule has 12 heteroatoms. The summed E-state index contributed by atoms with van der Waals surface area (Å²) in [5, 5.41) is 5.48. The maximum Gasteiger partial charge on any atom is 0.296 e. The maximum absolute atomic E-state index is 14.9. The van der Waals surface area contributed by atoms with Crippen LogP contribution in [-0.4, -0.2) is 39.2 Å². The maximum atomic E-state index is 14.9. The number of amides is 3. The van der Waals surface area contributed by atoms with Gasteiger partial charge in [-0.3, -0.25) is 14.4 Å². The summed E-state index contributed by atoms with van der Waals surface area (Å²) in [6, 6.07) is 10.9. The summed E-state index contributed by atoms with van der Waals surface area (Å²) in [5.41, 5.74) is -0.0433. The van der Waals surface area contributed by atoms with Gasteiger partial charge < -0.3 is 20.0 Å². The monoisotopic (exact) mass is 725 g/mol. The van der Waals surface area contributed by atoms with E-state index in [9.17, 15) is 27.6 Å². The van der Waals surface area contributed by atoms with Gasteiger partial charge in [0.05, 0.1) is 12.0 Å². The molecule has 266 valence electrons. The lowest BCUT2D eigenvalue weighted by Gasteiger charge is -2.36. The second kappa shape index (κ2) is 15.4. The van der Waals surface area contributed by atoms with Crippen LogP contribution < -0.4 is 15.5 Å². The summed E-state index contributed by atoms with van der Waals surface area (Å²) in [5.74, 6) is 0.888. The molecule has 0 radical (unpaired) electrons. The van der Waals surface area contributed by atoms with Crippen molar-refractivity contribution in [1.82, 2.24) is 10.6 Å². The van der Waals surface area contributed by atoms with Gasteiger partial charge >= 0.3 is 0 Å². The predicted octanol–water partition coefficient (Wildman–Crippen LogP) is 7.78. The number of nitrogens with zero attached hydrogens (tertiary/aromatic N) is 1. The highest BCUT2D eigenvalue weighted by molar-refractivity contribution is 6.74. The van der Waals surface area contributed by atoms with Gasteiger partial charge in [-0.15, -0.1) is 0 Å². The van der Waals surface area contributed by atoms with Gasteiger partial charge in [0.1, 0.15) is 17.5 Å². The van der Waals surface area contributed by atoms with Gasteiger partial charge in [-0.05, 0) is 86.8 Å². The molecule has 7 nitrogen and oxygen atoms in total. The molecule has 0 saturated heterocycles. The van der Waals surface area contributed by atoms with Crippen LogP contribution in [0.2, 0.25) is 23.2 Å². The molecule has 0 saturated carbocycles. The average Bonchev–Trinajstić information content (AvgIpc) is 3.22. The van der Waals surface area contributed by atoms with Gasteiger partial charge in [-0.2, -0.15) is 0 Å². The van der Waals surface area contributed by atoms with E-state index in [2.05, 4.69) is 56.3 Å². The first-order chi connectivity index (χ1) is 23.3. The minimum atomic E-state index is -1.82. The Morgan fingerprint density at radius 2 is 1.64 bits per heavy atom. The van der Waals surface area contributed by atoms with E-state index in [1.165, 1.54) is 35.2 Å². The van der Waals surface area contributed by atoms with E-state index in [1.54, 1.807) is 19.9 Å². The van der Waals surface area contributed by atoms with Crippen molar-refractivity contribution in [3.05, 3.63) is 98.8 Å². The number of nitrogens with one attached hydrogen (secondary N) is 2. The first-order valence-electron chi connectivity index (χ1n) is 16.4. The molecule has 1 aliphatic heterocycles. The van der Waals surface area contributed by atoms with Crippen LogP contribution in [-0.2, 0) is 32.5 Å². The molecule has 0 aromatic heterocycles. The minimum Gasteiger partial charge on any atom is -0.417 e. The molecule has 0 spiro atoms. The van der Waals surface area contributed by atoms with Gasteiger partial charge in [0.2, 0.25) is 5.91 Å². The minimum absolute atomic E-state index is 0.0334. The number of carbonyl (C=O) groups excluding carboxylic acids is 3. The number of fused-ring (bicyclic) bond motifs is 1.